The molecule has 0 aliphatic heterocycles. The maximum atomic E-state index is 13.0. The molecule has 0 aliphatic rings. The van der Waals surface area contributed by atoms with E-state index in [0.29, 0.717) is 11.2 Å². The number of benzene rings is 2. The number of aromatic hydroxyl groups is 1. The van der Waals surface area contributed by atoms with E-state index < -0.39 is 18.0 Å². The van der Waals surface area contributed by atoms with Crippen molar-refractivity contribution in [2.45, 2.75) is 13.3 Å². The van der Waals surface area contributed by atoms with Crippen LogP contribution < -0.4 is 15.6 Å². The van der Waals surface area contributed by atoms with Gasteiger partial charge in [0.25, 0.3) is 5.91 Å². The Hall–Kier alpha value is -4.34. The molecule has 0 unspecified atom stereocenters. The molecule has 2 aromatic heterocycles. The number of phenolic OH excluding ortho intramolecular Hbond substituents is 1. The van der Waals surface area contributed by atoms with Crippen LogP contribution in [0.25, 0.3) is 11.0 Å². The molecule has 0 spiro atoms. The first-order valence-corrected chi connectivity index (χ1v) is 9.58. The summed E-state index contributed by atoms with van der Waals surface area (Å²) in [5.74, 6) is -0.700. The number of nitrogens with one attached hydrogen (secondary N) is 1. The first kappa shape index (κ1) is 21.9. The number of hydrogen-bond acceptors (Lipinski definition) is 6. The van der Waals surface area contributed by atoms with Gasteiger partial charge in [0.15, 0.2) is 0 Å². The van der Waals surface area contributed by atoms with Crippen LogP contribution in [0.4, 0.5) is 24.7 Å². The minimum atomic E-state index is -4.82. The van der Waals surface area contributed by atoms with Gasteiger partial charge in [0.05, 0.1) is 5.69 Å². The van der Waals surface area contributed by atoms with Crippen molar-refractivity contribution >= 4 is 28.4 Å². The fraction of sp³-hybridized carbons (Fsp3) is 0.0870. The predicted molar refractivity (Wildman–Crippen MR) is 113 cm³/mol. The molecule has 1 amide bonds. The standard InChI is InChI=1S/C23H16F3N3O4/c1-13-2-9-20(27-12-13)29-21(31)18-10-14-3-6-16(30)11-19(14)32-22(18)28-15-4-7-17(8-5-15)33-23(24,25)26/h2-12,30H,1H3,(H,27,29,31). The molecule has 168 valence electrons. The number of anilines is 1. The number of hydrogen-bond donors (Lipinski definition) is 2. The van der Waals surface area contributed by atoms with Crippen LogP contribution in [-0.4, -0.2) is 22.4 Å². The Morgan fingerprint density at radius 2 is 1.85 bits per heavy atom. The number of rotatable bonds is 4. The van der Waals surface area contributed by atoms with Gasteiger partial charge in [-0.25, -0.2) is 9.98 Å². The molecule has 0 saturated carbocycles. The summed E-state index contributed by atoms with van der Waals surface area (Å²) in [7, 11) is 0. The van der Waals surface area contributed by atoms with Crippen LogP contribution in [0.5, 0.6) is 11.5 Å². The maximum Gasteiger partial charge on any atom is 0.573 e. The van der Waals surface area contributed by atoms with E-state index in [1.54, 1.807) is 24.4 Å². The van der Waals surface area contributed by atoms with E-state index in [9.17, 15) is 23.1 Å². The minimum Gasteiger partial charge on any atom is -0.508 e. The number of pyridine rings is 1. The van der Waals surface area contributed by atoms with Gasteiger partial charge in [-0.3, -0.25) is 4.79 Å². The molecule has 0 radical (unpaired) electrons. The second-order valence-electron chi connectivity index (χ2n) is 7.02. The van der Waals surface area contributed by atoms with Crippen molar-refractivity contribution < 1.29 is 32.2 Å². The number of fused-ring (bicyclic) bond motifs is 1. The Balaban J connectivity index is 1.76. The molecule has 0 fully saturated rings. The van der Waals surface area contributed by atoms with Crippen LogP contribution in [0.2, 0.25) is 0 Å². The molecular weight excluding hydrogens is 439 g/mol. The predicted octanol–water partition coefficient (Wildman–Crippen LogP) is 5.23. The number of phenols is 1. The summed E-state index contributed by atoms with van der Waals surface area (Å²) in [6.45, 7) is 1.86. The summed E-state index contributed by atoms with van der Waals surface area (Å²) >= 11 is 0. The van der Waals surface area contributed by atoms with Crippen molar-refractivity contribution in [3.8, 4) is 11.5 Å². The lowest BCUT2D eigenvalue weighted by atomic mass is 10.1. The number of aromatic nitrogens is 1. The Morgan fingerprint density at radius 3 is 2.52 bits per heavy atom. The molecule has 2 aromatic carbocycles. The van der Waals surface area contributed by atoms with Crippen molar-refractivity contribution in [2.24, 2.45) is 4.99 Å². The van der Waals surface area contributed by atoms with Crippen molar-refractivity contribution in [1.29, 1.82) is 0 Å². The summed E-state index contributed by atoms with van der Waals surface area (Å²) in [5, 5.41) is 12.9. The molecule has 0 atom stereocenters. The van der Waals surface area contributed by atoms with Gasteiger partial charge >= 0.3 is 6.36 Å². The molecule has 10 heteroatoms. The first-order chi connectivity index (χ1) is 15.7. The number of carbonyl (C=O) groups excluding carboxylic acids is 1. The van der Waals surface area contributed by atoms with E-state index >= 15 is 0 Å². The number of nitrogens with zero attached hydrogens (tertiary/aromatic N) is 2. The maximum absolute atomic E-state index is 13.0. The summed E-state index contributed by atoms with van der Waals surface area (Å²) in [6, 6.07) is 14.1. The molecule has 0 bridgehead atoms. The van der Waals surface area contributed by atoms with Crippen molar-refractivity contribution in [3.05, 3.63) is 83.5 Å². The molecule has 2 N–H and O–H groups in total. The SMILES string of the molecule is Cc1ccc(NC(=O)c2cc3ccc(O)cc3oc2=Nc2ccc(OC(F)(F)F)cc2)nc1. The highest BCUT2D eigenvalue weighted by molar-refractivity contribution is 6.05. The molecular formula is C23H16F3N3O4. The summed E-state index contributed by atoms with van der Waals surface area (Å²) in [4.78, 5) is 21.4. The average Bonchev–Trinajstić information content (AvgIpc) is 2.75. The number of alkyl halides is 3. The van der Waals surface area contributed by atoms with Crippen LogP contribution in [0.3, 0.4) is 0 Å². The van der Waals surface area contributed by atoms with Gasteiger partial charge in [-0.2, -0.15) is 0 Å². The van der Waals surface area contributed by atoms with E-state index in [-0.39, 0.29) is 28.1 Å². The molecule has 4 aromatic rings. The van der Waals surface area contributed by atoms with E-state index in [4.69, 9.17) is 4.42 Å². The van der Waals surface area contributed by atoms with E-state index in [1.807, 2.05) is 6.92 Å². The smallest absolute Gasteiger partial charge is 0.508 e. The van der Waals surface area contributed by atoms with Crippen LogP contribution in [0, 0.1) is 6.92 Å². The summed E-state index contributed by atoms with van der Waals surface area (Å²) < 4.78 is 46.7. The lowest BCUT2D eigenvalue weighted by Gasteiger charge is -2.09. The molecule has 2 heterocycles. The average molecular weight is 455 g/mol. The third-order valence-electron chi connectivity index (χ3n) is 4.43. The van der Waals surface area contributed by atoms with Gasteiger partial charge in [0.2, 0.25) is 5.55 Å². The second kappa shape index (κ2) is 8.65. The first-order valence-electron chi connectivity index (χ1n) is 9.58. The third-order valence-corrected chi connectivity index (χ3v) is 4.43. The number of ether oxygens (including phenoxy) is 1. The van der Waals surface area contributed by atoms with Gasteiger partial charge in [-0.1, -0.05) is 6.07 Å². The van der Waals surface area contributed by atoms with Gasteiger partial charge in [0.1, 0.15) is 28.5 Å². The second-order valence-corrected chi connectivity index (χ2v) is 7.02. The summed E-state index contributed by atoms with van der Waals surface area (Å²) in [5.41, 5.74) is 1.35. The lowest BCUT2D eigenvalue weighted by molar-refractivity contribution is -0.274. The van der Waals surface area contributed by atoms with Crippen LogP contribution >= 0.6 is 0 Å². The number of carbonyl (C=O) groups is 1. The summed E-state index contributed by atoms with van der Waals surface area (Å²) in [6.07, 6.45) is -3.22. The zero-order valence-electron chi connectivity index (χ0n) is 17.1. The Morgan fingerprint density at radius 1 is 1.09 bits per heavy atom. The van der Waals surface area contributed by atoms with Crippen molar-refractivity contribution in [3.63, 3.8) is 0 Å². The van der Waals surface area contributed by atoms with Crippen molar-refractivity contribution in [1.82, 2.24) is 4.98 Å². The van der Waals surface area contributed by atoms with Gasteiger partial charge in [-0.05, 0) is 61.0 Å². The number of amides is 1. The van der Waals surface area contributed by atoms with Gasteiger partial charge < -0.3 is 19.6 Å². The van der Waals surface area contributed by atoms with E-state index in [0.717, 1.165) is 17.7 Å². The van der Waals surface area contributed by atoms with Gasteiger partial charge in [-0.15, -0.1) is 13.2 Å². The third kappa shape index (κ3) is 5.48. The normalized spacial score (nSPS) is 12.1. The molecule has 0 saturated heterocycles. The Labute approximate surface area is 184 Å². The van der Waals surface area contributed by atoms with Crippen LogP contribution in [0.15, 0.2) is 76.3 Å². The van der Waals surface area contributed by atoms with Crippen LogP contribution in [-0.2, 0) is 0 Å². The molecule has 0 aliphatic carbocycles. The fourth-order valence-electron chi connectivity index (χ4n) is 2.92. The largest absolute Gasteiger partial charge is 0.573 e. The van der Waals surface area contributed by atoms with Gasteiger partial charge in [0, 0.05) is 17.6 Å². The fourth-order valence-corrected chi connectivity index (χ4v) is 2.92. The number of halogens is 3. The molecule has 33 heavy (non-hydrogen) atoms. The van der Waals surface area contributed by atoms with E-state index in [1.165, 1.54) is 30.3 Å². The lowest BCUT2D eigenvalue weighted by Crippen LogP contribution is -2.22. The highest BCUT2D eigenvalue weighted by Crippen LogP contribution is 2.25. The molecule has 4 rings (SSSR count). The zero-order chi connectivity index (χ0) is 23.6. The highest BCUT2D eigenvalue weighted by Gasteiger charge is 2.30. The Bertz CT molecular complexity index is 1380. The minimum absolute atomic E-state index is 0.0492. The molecule has 7 nitrogen and oxygen atoms in total. The van der Waals surface area contributed by atoms with Crippen LogP contribution in [0.1, 0.15) is 15.9 Å². The zero-order valence-corrected chi connectivity index (χ0v) is 17.1. The monoisotopic (exact) mass is 455 g/mol. The highest BCUT2D eigenvalue weighted by atomic mass is 19.4. The topological polar surface area (TPSA) is 97.0 Å². The Kier molecular flexibility index (Phi) is 5.74. The van der Waals surface area contributed by atoms with Crippen molar-refractivity contribution in [2.75, 3.05) is 5.32 Å². The quantitative estimate of drug-likeness (QED) is 0.440. The van der Waals surface area contributed by atoms with E-state index in [2.05, 4.69) is 20.0 Å². The number of aryl methyl sites for hydroxylation is 1.